The molecule has 0 aliphatic carbocycles. The molecular weight excluding hydrogens is 271 g/mol. The van der Waals surface area contributed by atoms with Gasteiger partial charge in [-0.15, -0.1) is 0 Å². The highest BCUT2D eigenvalue weighted by Gasteiger charge is 2.12. The lowest BCUT2D eigenvalue weighted by Gasteiger charge is -2.11. The van der Waals surface area contributed by atoms with Gasteiger partial charge in [0.25, 0.3) is 0 Å². The molecule has 3 N–H and O–H groups in total. The highest BCUT2D eigenvalue weighted by Crippen LogP contribution is 2.29. The second kappa shape index (κ2) is 5.58. The Morgan fingerprint density at radius 1 is 1.21 bits per heavy atom. The average Bonchev–Trinajstić information content (AvgIpc) is 2.41. The molecule has 0 spiro atoms. The Bertz CT molecular complexity index is 632. The SMILES string of the molecule is NC(=NO)c1ccc(Cl)cc1Oc1ccccc1F. The van der Waals surface area contributed by atoms with Gasteiger partial charge in [-0.3, -0.25) is 0 Å². The van der Waals surface area contributed by atoms with Crippen molar-refractivity contribution in [2.75, 3.05) is 0 Å². The second-order valence-electron chi connectivity index (χ2n) is 3.66. The largest absolute Gasteiger partial charge is 0.453 e. The van der Waals surface area contributed by atoms with Crippen LogP contribution < -0.4 is 10.5 Å². The zero-order valence-electron chi connectivity index (χ0n) is 9.68. The second-order valence-corrected chi connectivity index (χ2v) is 4.09. The number of oxime groups is 1. The summed E-state index contributed by atoms with van der Waals surface area (Å²) in [5, 5.41) is 12.0. The van der Waals surface area contributed by atoms with Gasteiger partial charge in [0.2, 0.25) is 0 Å². The number of nitrogens with zero attached hydrogens (tertiary/aromatic N) is 1. The Morgan fingerprint density at radius 2 is 1.95 bits per heavy atom. The maximum atomic E-state index is 13.5. The fourth-order valence-corrected chi connectivity index (χ4v) is 1.65. The molecule has 19 heavy (non-hydrogen) atoms. The number of nitrogens with two attached hydrogens (primary N) is 1. The molecule has 4 nitrogen and oxygen atoms in total. The standard InChI is InChI=1S/C13H10ClFN2O2/c14-8-5-6-9(13(16)17-18)12(7-8)19-11-4-2-1-3-10(11)15/h1-7,18H,(H2,16,17). The molecule has 2 aromatic carbocycles. The predicted molar refractivity (Wildman–Crippen MR) is 70.4 cm³/mol. The van der Waals surface area contributed by atoms with Gasteiger partial charge in [0, 0.05) is 11.1 Å². The van der Waals surface area contributed by atoms with E-state index in [1.165, 1.54) is 24.3 Å². The van der Waals surface area contributed by atoms with Gasteiger partial charge >= 0.3 is 0 Å². The van der Waals surface area contributed by atoms with E-state index >= 15 is 0 Å². The van der Waals surface area contributed by atoms with Crippen molar-refractivity contribution in [1.82, 2.24) is 0 Å². The number of halogens is 2. The summed E-state index contributed by atoms with van der Waals surface area (Å²) in [6.07, 6.45) is 0. The fraction of sp³-hybridized carbons (Fsp3) is 0. The first-order valence-corrected chi connectivity index (χ1v) is 5.69. The van der Waals surface area contributed by atoms with Crippen LogP contribution in [0.4, 0.5) is 4.39 Å². The first-order chi connectivity index (χ1) is 9.11. The molecule has 0 amide bonds. The summed E-state index contributed by atoms with van der Waals surface area (Å²) in [4.78, 5) is 0. The van der Waals surface area contributed by atoms with Crippen LogP contribution in [0.25, 0.3) is 0 Å². The van der Waals surface area contributed by atoms with Crippen molar-refractivity contribution in [2.24, 2.45) is 10.9 Å². The zero-order valence-corrected chi connectivity index (χ0v) is 10.4. The number of para-hydroxylation sites is 1. The summed E-state index contributed by atoms with van der Waals surface area (Å²) >= 11 is 5.85. The van der Waals surface area contributed by atoms with Gasteiger partial charge in [0.05, 0.1) is 5.56 Å². The summed E-state index contributed by atoms with van der Waals surface area (Å²) in [5.74, 6) is -0.444. The predicted octanol–water partition coefficient (Wildman–Crippen LogP) is 3.37. The van der Waals surface area contributed by atoms with Gasteiger partial charge in [0.1, 0.15) is 5.75 Å². The Labute approximate surface area is 113 Å². The number of rotatable bonds is 3. The smallest absolute Gasteiger partial charge is 0.173 e. The van der Waals surface area contributed by atoms with Crippen LogP contribution in [0.1, 0.15) is 5.56 Å². The van der Waals surface area contributed by atoms with Crippen LogP contribution in [-0.2, 0) is 0 Å². The van der Waals surface area contributed by atoms with Crippen LogP contribution in [0, 0.1) is 5.82 Å². The van der Waals surface area contributed by atoms with Crippen molar-refractivity contribution < 1.29 is 14.3 Å². The monoisotopic (exact) mass is 280 g/mol. The van der Waals surface area contributed by atoms with Crippen molar-refractivity contribution in [3.05, 3.63) is 58.9 Å². The summed E-state index contributed by atoms with van der Waals surface area (Å²) in [6, 6.07) is 10.4. The Hall–Kier alpha value is -2.27. The fourth-order valence-electron chi connectivity index (χ4n) is 1.49. The Kier molecular flexibility index (Phi) is 3.87. The van der Waals surface area contributed by atoms with Gasteiger partial charge in [-0.1, -0.05) is 28.9 Å². The molecule has 98 valence electrons. The third-order valence-corrected chi connectivity index (χ3v) is 2.62. The highest BCUT2D eigenvalue weighted by atomic mass is 35.5. The van der Waals surface area contributed by atoms with Crippen molar-refractivity contribution in [3.8, 4) is 11.5 Å². The molecule has 6 heteroatoms. The highest BCUT2D eigenvalue weighted by molar-refractivity contribution is 6.30. The summed E-state index contributed by atoms with van der Waals surface area (Å²) in [6.45, 7) is 0. The number of benzene rings is 2. The molecule has 2 rings (SSSR count). The van der Waals surface area contributed by atoms with E-state index in [1.54, 1.807) is 18.2 Å². The molecule has 0 atom stereocenters. The Morgan fingerprint density at radius 3 is 2.63 bits per heavy atom. The number of amidine groups is 1. The average molecular weight is 281 g/mol. The van der Waals surface area contributed by atoms with Crippen LogP contribution >= 0.6 is 11.6 Å². The van der Waals surface area contributed by atoms with E-state index in [0.29, 0.717) is 10.6 Å². The van der Waals surface area contributed by atoms with Crippen molar-refractivity contribution >= 4 is 17.4 Å². The normalized spacial score (nSPS) is 11.4. The third-order valence-electron chi connectivity index (χ3n) is 2.38. The van der Waals surface area contributed by atoms with Gasteiger partial charge in [-0.05, 0) is 24.3 Å². The minimum atomic E-state index is -0.520. The number of hydrogen-bond donors (Lipinski definition) is 2. The van der Waals surface area contributed by atoms with Crippen LogP contribution in [0.15, 0.2) is 47.6 Å². The van der Waals surface area contributed by atoms with E-state index in [2.05, 4.69) is 5.16 Å². The minimum Gasteiger partial charge on any atom is -0.453 e. The molecule has 0 fully saturated rings. The maximum Gasteiger partial charge on any atom is 0.173 e. The van der Waals surface area contributed by atoms with Crippen LogP contribution in [-0.4, -0.2) is 11.0 Å². The third kappa shape index (κ3) is 2.95. The topological polar surface area (TPSA) is 67.8 Å². The van der Waals surface area contributed by atoms with Crippen molar-refractivity contribution in [2.45, 2.75) is 0 Å². The van der Waals surface area contributed by atoms with E-state index in [9.17, 15) is 4.39 Å². The molecular formula is C13H10ClFN2O2. The number of ether oxygens (including phenoxy) is 1. The lowest BCUT2D eigenvalue weighted by molar-refractivity contribution is 0.318. The van der Waals surface area contributed by atoms with E-state index in [-0.39, 0.29) is 17.3 Å². The van der Waals surface area contributed by atoms with Gasteiger partial charge in [-0.2, -0.15) is 0 Å². The summed E-state index contributed by atoms with van der Waals surface area (Å²) in [7, 11) is 0. The molecule has 0 radical (unpaired) electrons. The lowest BCUT2D eigenvalue weighted by Crippen LogP contribution is -2.14. The van der Waals surface area contributed by atoms with E-state index in [4.69, 9.17) is 27.3 Å². The zero-order chi connectivity index (χ0) is 13.8. The maximum absolute atomic E-state index is 13.5. The summed E-state index contributed by atoms with van der Waals surface area (Å²) < 4.78 is 18.9. The van der Waals surface area contributed by atoms with Gasteiger partial charge < -0.3 is 15.7 Å². The first-order valence-electron chi connectivity index (χ1n) is 5.31. The number of hydrogen-bond acceptors (Lipinski definition) is 3. The van der Waals surface area contributed by atoms with Crippen molar-refractivity contribution in [1.29, 1.82) is 0 Å². The molecule has 0 saturated heterocycles. The quantitative estimate of drug-likeness (QED) is 0.392. The van der Waals surface area contributed by atoms with Crippen LogP contribution in [0.3, 0.4) is 0 Å². The van der Waals surface area contributed by atoms with Gasteiger partial charge in [-0.25, -0.2) is 4.39 Å². The molecule has 0 aliphatic heterocycles. The molecule has 0 unspecified atom stereocenters. The lowest BCUT2D eigenvalue weighted by atomic mass is 10.2. The van der Waals surface area contributed by atoms with E-state index in [1.807, 2.05) is 0 Å². The van der Waals surface area contributed by atoms with E-state index in [0.717, 1.165) is 0 Å². The molecule has 0 heterocycles. The Balaban J connectivity index is 2.44. The van der Waals surface area contributed by atoms with Crippen LogP contribution in [0.5, 0.6) is 11.5 Å². The molecule has 0 aliphatic rings. The molecule has 0 saturated carbocycles. The summed E-state index contributed by atoms with van der Waals surface area (Å²) in [5.41, 5.74) is 5.83. The first kappa shape index (κ1) is 13.2. The van der Waals surface area contributed by atoms with Crippen molar-refractivity contribution in [3.63, 3.8) is 0 Å². The molecule has 2 aromatic rings. The van der Waals surface area contributed by atoms with Gasteiger partial charge in [0.15, 0.2) is 17.4 Å². The molecule has 0 bridgehead atoms. The molecule has 0 aromatic heterocycles. The van der Waals surface area contributed by atoms with E-state index < -0.39 is 5.82 Å². The minimum absolute atomic E-state index is 0.0248. The van der Waals surface area contributed by atoms with Crippen LogP contribution in [0.2, 0.25) is 5.02 Å².